The summed E-state index contributed by atoms with van der Waals surface area (Å²) in [6, 6.07) is 4.19. The van der Waals surface area contributed by atoms with Crippen molar-refractivity contribution in [3.63, 3.8) is 0 Å². The van der Waals surface area contributed by atoms with Crippen LogP contribution >= 0.6 is 0 Å². The second kappa shape index (κ2) is 10.4. The number of methoxy groups -OCH3 is 1. The number of piperazine rings is 1. The van der Waals surface area contributed by atoms with E-state index in [0.717, 1.165) is 76.0 Å². The van der Waals surface area contributed by atoms with Crippen LogP contribution in [0.1, 0.15) is 25.3 Å². The molecule has 3 rings (SSSR count). The number of hydrogen-bond acceptors (Lipinski definition) is 6. The summed E-state index contributed by atoms with van der Waals surface area (Å²) >= 11 is 0. The lowest BCUT2D eigenvalue weighted by Crippen LogP contribution is -2.46. The molecule has 0 amide bonds. The molecule has 0 spiro atoms. The monoisotopic (exact) mass is 402 g/mol. The average molecular weight is 403 g/mol. The Morgan fingerprint density at radius 3 is 2.62 bits per heavy atom. The van der Waals surface area contributed by atoms with Crippen LogP contribution in [-0.4, -0.2) is 86.7 Å². The molecule has 160 valence electrons. The Bertz CT molecular complexity index is 694. The molecular formula is C21H34N6O2. The van der Waals surface area contributed by atoms with Gasteiger partial charge in [0.05, 0.1) is 19.6 Å². The van der Waals surface area contributed by atoms with Gasteiger partial charge in [-0.25, -0.2) is 9.98 Å². The normalized spacial score (nSPS) is 19.3. The van der Waals surface area contributed by atoms with Crippen LogP contribution in [-0.2, 0) is 16.1 Å². The minimum Gasteiger partial charge on any atom is -0.469 e. The Morgan fingerprint density at radius 2 is 1.97 bits per heavy atom. The Hall–Kier alpha value is -2.35. The maximum Gasteiger partial charge on any atom is 0.308 e. The first-order chi connectivity index (χ1) is 14.1. The number of piperidine rings is 1. The highest BCUT2D eigenvalue weighted by atomic mass is 16.5. The third kappa shape index (κ3) is 5.82. The first-order valence-electron chi connectivity index (χ1n) is 10.6. The molecule has 2 aliphatic rings. The molecule has 29 heavy (non-hydrogen) atoms. The standard InChI is InChI=1S/C21H34N6O2/c1-4-22-21(27-9-6-18(7-10-27)20(28)29-3)24-16-17-5-8-23-19(15-17)26-13-11-25(2)12-14-26/h5,8,15,18H,4,6-7,9-14,16H2,1-3H3,(H,22,24). The molecule has 2 aliphatic heterocycles. The first-order valence-corrected chi connectivity index (χ1v) is 10.6. The summed E-state index contributed by atoms with van der Waals surface area (Å²) in [5, 5.41) is 3.39. The lowest BCUT2D eigenvalue weighted by Gasteiger charge is -2.33. The molecule has 0 radical (unpaired) electrons. The summed E-state index contributed by atoms with van der Waals surface area (Å²) < 4.78 is 4.89. The molecule has 0 unspecified atom stereocenters. The fourth-order valence-electron chi connectivity index (χ4n) is 3.85. The van der Waals surface area contributed by atoms with Crippen LogP contribution in [0.2, 0.25) is 0 Å². The number of anilines is 1. The molecule has 2 saturated heterocycles. The molecule has 3 heterocycles. The Kier molecular flexibility index (Phi) is 7.69. The van der Waals surface area contributed by atoms with Gasteiger partial charge in [-0.15, -0.1) is 0 Å². The minimum absolute atomic E-state index is 0.00506. The third-order valence-corrected chi connectivity index (χ3v) is 5.71. The van der Waals surface area contributed by atoms with Gasteiger partial charge in [-0.3, -0.25) is 4.79 Å². The van der Waals surface area contributed by atoms with E-state index >= 15 is 0 Å². The number of nitrogens with one attached hydrogen (secondary N) is 1. The van der Waals surface area contributed by atoms with Crippen LogP contribution in [0.25, 0.3) is 0 Å². The third-order valence-electron chi connectivity index (χ3n) is 5.71. The maximum absolute atomic E-state index is 11.8. The summed E-state index contributed by atoms with van der Waals surface area (Å²) in [5.74, 6) is 1.86. The van der Waals surface area contributed by atoms with Gasteiger partial charge in [-0.2, -0.15) is 0 Å². The van der Waals surface area contributed by atoms with Crippen molar-refractivity contribution >= 4 is 17.7 Å². The number of likely N-dealkylation sites (N-methyl/N-ethyl adjacent to an activating group) is 1. The highest BCUT2D eigenvalue weighted by Crippen LogP contribution is 2.19. The summed E-state index contributed by atoms with van der Waals surface area (Å²) in [5.41, 5.74) is 1.16. The molecule has 1 N–H and O–H groups in total. The average Bonchev–Trinajstić information content (AvgIpc) is 2.77. The number of aliphatic imine (C=N–C) groups is 1. The van der Waals surface area contributed by atoms with Crippen molar-refractivity contribution in [2.75, 3.05) is 64.9 Å². The van der Waals surface area contributed by atoms with E-state index in [0.29, 0.717) is 6.54 Å². The number of carbonyl (C=O) groups is 1. The lowest BCUT2D eigenvalue weighted by atomic mass is 9.97. The lowest BCUT2D eigenvalue weighted by molar-refractivity contribution is -0.146. The van der Waals surface area contributed by atoms with E-state index in [4.69, 9.17) is 9.73 Å². The van der Waals surface area contributed by atoms with Crippen LogP contribution in [0.5, 0.6) is 0 Å². The molecule has 8 nitrogen and oxygen atoms in total. The van der Waals surface area contributed by atoms with E-state index in [9.17, 15) is 4.79 Å². The summed E-state index contributed by atoms with van der Waals surface area (Å²) in [4.78, 5) is 28.1. The predicted molar refractivity (Wildman–Crippen MR) is 115 cm³/mol. The van der Waals surface area contributed by atoms with Crippen molar-refractivity contribution in [1.82, 2.24) is 20.1 Å². The molecule has 0 aliphatic carbocycles. The van der Waals surface area contributed by atoms with E-state index in [1.54, 1.807) is 0 Å². The van der Waals surface area contributed by atoms with Crippen LogP contribution in [0.4, 0.5) is 5.82 Å². The zero-order valence-corrected chi connectivity index (χ0v) is 17.9. The van der Waals surface area contributed by atoms with Crippen molar-refractivity contribution in [2.45, 2.75) is 26.3 Å². The molecular weight excluding hydrogens is 368 g/mol. The number of esters is 1. The topological polar surface area (TPSA) is 73.3 Å². The van der Waals surface area contributed by atoms with Gasteiger partial charge >= 0.3 is 5.97 Å². The number of aromatic nitrogens is 1. The van der Waals surface area contributed by atoms with Crippen molar-refractivity contribution < 1.29 is 9.53 Å². The molecule has 0 bridgehead atoms. The van der Waals surface area contributed by atoms with Crippen LogP contribution in [0.15, 0.2) is 23.3 Å². The predicted octanol–water partition coefficient (Wildman–Crippen LogP) is 1.18. The molecule has 8 heteroatoms. The van der Waals surface area contributed by atoms with Crippen molar-refractivity contribution in [3.05, 3.63) is 23.9 Å². The maximum atomic E-state index is 11.8. The number of pyridine rings is 1. The van der Waals surface area contributed by atoms with Gasteiger partial charge in [0.15, 0.2) is 5.96 Å². The van der Waals surface area contributed by atoms with Crippen molar-refractivity contribution in [3.8, 4) is 0 Å². The Balaban J connectivity index is 1.62. The molecule has 0 atom stereocenters. The highest BCUT2D eigenvalue weighted by molar-refractivity contribution is 5.80. The van der Waals surface area contributed by atoms with Crippen LogP contribution in [0, 0.1) is 5.92 Å². The largest absolute Gasteiger partial charge is 0.469 e. The van der Waals surface area contributed by atoms with E-state index in [1.165, 1.54) is 7.11 Å². The fraction of sp³-hybridized carbons (Fsp3) is 0.667. The number of carbonyl (C=O) groups excluding carboxylic acids is 1. The number of likely N-dealkylation sites (tertiary alicyclic amines) is 1. The molecule has 1 aromatic heterocycles. The van der Waals surface area contributed by atoms with Gasteiger partial charge in [-0.1, -0.05) is 0 Å². The second-order valence-corrected chi connectivity index (χ2v) is 7.77. The van der Waals surface area contributed by atoms with Gasteiger partial charge in [0.25, 0.3) is 0 Å². The second-order valence-electron chi connectivity index (χ2n) is 7.77. The number of ether oxygens (including phenoxy) is 1. The number of guanidine groups is 1. The zero-order chi connectivity index (χ0) is 20.6. The molecule has 2 fully saturated rings. The van der Waals surface area contributed by atoms with E-state index < -0.39 is 0 Å². The first kappa shape index (κ1) is 21.4. The van der Waals surface area contributed by atoms with Gasteiger partial charge < -0.3 is 24.8 Å². The van der Waals surface area contributed by atoms with Crippen LogP contribution < -0.4 is 10.2 Å². The van der Waals surface area contributed by atoms with E-state index in [2.05, 4.69) is 45.0 Å². The van der Waals surface area contributed by atoms with E-state index in [1.807, 2.05) is 12.3 Å². The zero-order valence-electron chi connectivity index (χ0n) is 17.9. The van der Waals surface area contributed by atoms with Crippen LogP contribution in [0.3, 0.4) is 0 Å². The van der Waals surface area contributed by atoms with Gasteiger partial charge in [0.1, 0.15) is 5.82 Å². The van der Waals surface area contributed by atoms with Crippen molar-refractivity contribution in [1.29, 1.82) is 0 Å². The molecule has 1 aromatic rings. The van der Waals surface area contributed by atoms with Gasteiger partial charge in [0.2, 0.25) is 0 Å². The fourth-order valence-corrected chi connectivity index (χ4v) is 3.85. The van der Waals surface area contributed by atoms with Gasteiger partial charge in [-0.05, 0) is 44.5 Å². The Labute approximate surface area is 173 Å². The molecule has 0 aromatic carbocycles. The Morgan fingerprint density at radius 1 is 1.24 bits per heavy atom. The minimum atomic E-state index is -0.0974. The summed E-state index contributed by atoms with van der Waals surface area (Å²) in [7, 11) is 3.62. The number of hydrogen-bond donors (Lipinski definition) is 1. The summed E-state index contributed by atoms with van der Waals surface area (Å²) in [6.45, 7) is 9.28. The SMILES string of the molecule is CCNC(=NCc1ccnc(N2CCN(C)CC2)c1)N1CCC(C(=O)OC)CC1. The van der Waals surface area contributed by atoms with Crippen molar-refractivity contribution in [2.24, 2.45) is 10.9 Å². The van der Waals surface area contributed by atoms with E-state index in [-0.39, 0.29) is 11.9 Å². The van der Waals surface area contributed by atoms with Gasteiger partial charge in [0, 0.05) is 52.0 Å². The number of rotatable bonds is 5. The smallest absolute Gasteiger partial charge is 0.308 e. The highest BCUT2D eigenvalue weighted by Gasteiger charge is 2.27. The molecule has 0 saturated carbocycles. The summed E-state index contributed by atoms with van der Waals surface area (Å²) in [6.07, 6.45) is 3.49. The number of nitrogens with zero attached hydrogens (tertiary/aromatic N) is 5. The quantitative estimate of drug-likeness (QED) is 0.450.